The lowest BCUT2D eigenvalue weighted by Gasteiger charge is -2.18. The molecule has 1 atom stereocenters. The molecule has 0 heterocycles. The van der Waals surface area contributed by atoms with E-state index in [0.29, 0.717) is 19.3 Å². The Balaban J connectivity index is 4.08. The van der Waals surface area contributed by atoms with Gasteiger partial charge in [0.05, 0.1) is 0 Å². The van der Waals surface area contributed by atoms with E-state index in [1.807, 2.05) is 0 Å². The third-order valence-corrected chi connectivity index (χ3v) is 16.0. The number of unbranched alkanes of at least 4 members (excludes halogenated alkanes) is 45. The van der Waals surface area contributed by atoms with Crippen molar-refractivity contribution in [2.24, 2.45) is 0 Å². The molecule has 0 rings (SSSR count). The van der Waals surface area contributed by atoms with Crippen molar-refractivity contribution in [1.29, 1.82) is 0 Å². The standard InChI is InChI=1S/C75H136O6/c1-4-7-10-13-16-19-21-23-25-27-29-31-32-33-34-35-36-37-38-39-40-41-42-44-45-47-49-51-53-56-59-62-65-68-74(77)80-71-72(70-79-73(76)67-64-61-58-55-18-15-12-9-6-3)81-75(78)69-66-63-60-57-54-52-50-48-46-43-30-28-26-24-22-20-17-14-11-8-5-2/h21-24,27-30,46,48,72H,4-20,25-26,31-45,47,49-71H2,1-3H3/b23-21-,24-22-,29-27-,30-28-,48-46-. The highest BCUT2D eigenvalue weighted by Gasteiger charge is 2.19. The number of ether oxygens (including phenoxy) is 3. The maximum absolute atomic E-state index is 12.9. The molecule has 6 nitrogen and oxygen atoms in total. The van der Waals surface area contributed by atoms with Gasteiger partial charge in [-0.2, -0.15) is 0 Å². The van der Waals surface area contributed by atoms with Gasteiger partial charge in [-0.15, -0.1) is 0 Å². The van der Waals surface area contributed by atoms with Crippen molar-refractivity contribution in [1.82, 2.24) is 0 Å². The van der Waals surface area contributed by atoms with Crippen LogP contribution in [0.3, 0.4) is 0 Å². The first-order chi connectivity index (χ1) is 40.0. The fourth-order valence-electron chi connectivity index (χ4n) is 10.6. The summed E-state index contributed by atoms with van der Waals surface area (Å²) in [5.74, 6) is -0.869. The third-order valence-electron chi connectivity index (χ3n) is 16.0. The largest absolute Gasteiger partial charge is 0.462 e. The first kappa shape index (κ1) is 78.1. The van der Waals surface area contributed by atoms with Crippen LogP contribution in [0.4, 0.5) is 0 Å². The maximum Gasteiger partial charge on any atom is 0.306 e. The Hall–Kier alpha value is -2.89. The van der Waals surface area contributed by atoms with Crippen LogP contribution < -0.4 is 0 Å². The molecule has 0 amide bonds. The number of hydrogen-bond acceptors (Lipinski definition) is 6. The molecule has 81 heavy (non-hydrogen) atoms. The predicted octanol–water partition coefficient (Wildman–Crippen LogP) is 24.7. The monoisotopic (exact) mass is 1130 g/mol. The average molecular weight is 1130 g/mol. The van der Waals surface area contributed by atoms with Crippen LogP contribution in [0.25, 0.3) is 0 Å². The van der Waals surface area contributed by atoms with Crippen molar-refractivity contribution in [3.63, 3.8) is 0 Å². The Morgan fingerprint density at radius 2 is 0.444 bits per heavy atom. The smallest absolute Gasteiger partial charge is 0.306 e. The summed E-state index contributed by atoms with van der Waals surface area (Å²) in [5.41, 5.74) is 0. The van der Waals surface area contributed by atoms with Gasteiger partial charge in [0.15, 0.2) is 6.10 Å². The molecule has 1 unspecified atom stereocenters. The van der Waals surface area contributed by atoms with Gasteiger partial charge in [0, 0.05) is 19.3 Å². The molecular formula is C75H136O6. The first-order valence-corrected chi connectivity index (χ1v) is 35.8. The zero-order valence-corrected chi connectivity index (χ0v) is 54.3. The molecular weight excluding hydrogens is 997 g/mol. The van der Waals surface area contributed by atoms with Crippen LogP contribution in [0.1, 0.15) is 380 Å². The lowest BCUT2D eigenvalue weighted by molar-refractivity contribution is -0.167. The van der Waals surface area contributed by atoms with Crippen LogP contribution in [-0.4, -0.2) is 37.2 Å². The minimum absolute atomic E-state index is 0.0749. The van der Waals surface area contributed by atoms with Crippen LogP contribution in [0.2, 0.25) is 0 Å². The molecule has 0 N–H and O–H groups in total. The normalized spacial score (nSPS) is 12.4. The van der Waals surface area contributed by atoms with Crippen molar-refractivity contribution in [2.45, 2.75) is 386 Å². The van der Waals surface area contributed by atoms with E-state index in [4.69, 9.17) is 14.2 Å². The summed E-state index contributed by atoms with van der Waals surface area (Å²) in [5, 5.41) is 0. The summed E-state index contributed by atoms with van der Waals surface area (Å²) in [6, 6.07) is 0. The zero-order chi connectivity index (χ0) is 58.5. The van der Waals surface area contributed by atoms with Crippen LogP contribution in [0, 0.1) is 0 Å². The number of carbonyl (C=O) groups is 3. The second kappa shape index (κ2) is 69.6. The fraction of sp³-hybridized carbons (Fsp3) is 0.827. The van der Waals surface area contributed by atoms with Crippen LogP contribution in [0.15, 0.2) is 60.8 Å². The van der Waals surface area contributed by atoms with Crippen molar-refractivity contribution in [3.05, 3.63) is 60.8 Å². The van der Waals surface area contributed by atoms with Gasteiger partial charge in [0.25, 0.3) is 0 Å². The molecule has 0 aromatic heterocycles. The summed E-state index contributed by atoms with van der Waals surface area (Å²) in [4.78, 5) is 38.3. The highest BCUT2D eigenvalue weighted by atomic mass is 16.6. The molecule has 0 aromatic rings. The fourth-order valence-corrected chi connectivity index (χ4v) is 10.6. The summed E-state index contributed by atoms with van der Waals surface area (Å²) in [7, 11) is 0. The molecule has 0 fully saturated rings. The molecule has 0 saturated heterocycles. The first-order valence-electron chi connectivity index (χ1n) is 35.8. The Labute approximate surface area is 504 Å². The van der Waals surface area contributed by atoms with Gasteiger partial charge < -0.3 is 14.2 Å². The predicted molar refractivity (Wildman–Crippen MR) is 353 cm³/mol. The van der Waals surface area contributed by atoms with E-state index < -0.39 is 6.10 Å². The lowest BCUT2D eigenvalue weighted by Crippen LogP contribution is -2.30. The highest BCUT2D eigenvalue weighted by molar-refractivity contribution is 5.71. The van der Waals surface area contributed by atoms with Gasteiger partial charge in [-0.25, -0.2) is 0 Å². The molecule has 0 aliphatic rings. The van der Waals surface area contributed by atoms with Gasteiger partial charge in [0.1, 0.15) is 13.2 Å². The van der Waals surface area contributed by atoms with Crippen LogP contribution >= 0.6 is 0 Å². The number of allylic oxidation sites excluding steroid dienone is 10. The van der Waals surface area contributed by atoms with E-state index in [1.54, 1.807) is 0 Å². The van der Waals surface area contributed by atoms with Crippen LogP contribution in [-0.2, 0) is 28.6 Å². The number of rotatable bonds is 66. The van der Waals surface area contributed by atoms with E-state index in [0.717, 1.165) is 83.5 Å². The Kier molecular flexibility index (Phi) is 67.1. The Morgan fingerprint density at radius 3 is 0.691 bits per heavy atom. The number of esters is 3. The summed E-state index contributed by atoms with van der Waals surface area (Å²) >= 11 is 0. The van der Waals surface area contributed by atoms with Crippen molar-refractivity contribution in [2.75, 3.05) is 13.2 Å². The molecule has 6 heteroatoms. The lowest BCUT2D eigenvalue weighted by atomic mass is 10.0. The minimum atomic E-state index is -0.778. The number of carbonyl (C=O) groups excluding carboxylic acids is 3. The number of hydrogen-bond donors (Lipinski definition) is 0. The summed E-state index contributed by atoms with van der Waals surface area (Å²) < 4.78 is 16.9. The second-order valence-corrected chi connectivity index (χ2v) is 24.1. The van der Waals surface area contributed by atoms with Crippen molar-refractivity contribution < 1.29 is 28.6 Å². The highest BCUT2D eigenvalue weighted by Crippen LogP contribution is 2.18. The second-order valence-electron chi connectivity index (χ2n) is 24.1. The Bertz CT molecular complexity index is 1440. The molecule has 0 radical (unpaired) electrons. The molecule has 472 valence electrons. The quantitative estimate of drug-likeness (QED) is 0.0261. The Morgan fingerprint density at radius 1 is 0.247 bits per heavy atom. The van der Waals surface area contributed by atoms with Gasteiger partial charge in [-0.05, 0) is 89.9 Å². The third kappa shape index (κ3) is 67.8. The van der Waals surface area contributed by atoms with Crippen LogP contribution in [0.5, 0.6) is 0 Å². The summed E-state index contributed by atoms with van der Waals surface area (Å²) in [6.07, 6.45) is 89.9. The van der Waals surface area contributed by atoms with Gasteiger partial charge in [-0.1, -0.05) is 332 Å². The van der Waals surface area contributed by atoms with Gasteiger partial charge in [0.2, 0.25) is 0 Å². The molecule has 0 aliphatic heterocycles. The molecule has 0 spiro atoms. The van der Waals surface area contributed by atoms with Crippen molar-refractivity contribution in [3.8, 4) is 0 Å². The molecule has 0 saturated carbocycles. The minimum Gasteiger partial charge on any atom is -0.462 e. The maximum atomic E-state index is 12.9. The van der Waals surface area contributed by atoms with E-state index in [-0.39, 0.29) is 31.1 Å². The van der Waals surface area contributed by atoms with Gasteiger partial charge >= 0.3 is 17.9 Å². The van der Waals surface area contributed by atoms with Crippen molar-refractivity contribution >= 4 is 17.9 Å². The summed E-state index contributed by atoms with van der Waals surface area (Å²) in [6.45, 7) is 6.64. The molecule has 0 bridgehead atoms. The van der Waals surface area contributed by atoms with E-state index in [1.165, 1.54) is 257 Å². The SMILES string of the molecule is CCCCCCC/C=C\C/C=C\C/C=C\CCCCCCCCC(=O)OC(COC(=O)CCCCCCCCCCC)COC(=O)CCCCCCCCCCCCCCCCCCCCCCC/C=C\C/C=C\CCCCCCC. The molecule has 0 aliphatic carbocycles. The zero-order valence-electron chi connectivity index (χ0n) is 54.3. The van der Waals surface area contributed by atoms with Gasteiger partial charge in [-0.3, -0.25) is 14.4 Å². The van der Waals surface area contributed by atoms with E-state index >= 15 is 0 Å². The average Bonchev–Trinajstić information content (AvgIpc) is 3.47. The van der Waals surface area contributed by atoms with E-state index in [9.17, 15) is 14.4 Å². The topological polar surface area (TPSA) is 78.9 Å². The van der Waals surface area contributed by atoms with E-state index in [2.05, 4.69) is 81.5 Å². The molecule has 0 aromatic carbocycles.